The minimum atomic E-state index is -1.35. The van der Waals surface area contributed by atoms with Crippen molar-refractivity contribution in [1.29, 1.82) is 0 Å². The van der Waals surface area contributed by atoms with Crippen LogP contribution in [0.3, 0.4) is 0 Å². The van der Waals surface area contributed by atoms with Gasteiger partial charge in [0.05, 0.1) is 30.0 Å². The predicted molar refractivity (Wildman–Crippen MR) is 189 cm³/mol. The summed E-state index contributed by atoms with van der Waals surface area (Å²) in [4.78, 5) is 6.73. The van der Waals surface area contributed by atoms with E-state index in [1.807, 2.05) is 54.7 Å². The number of hydrogen-bond acceptors (Lipinski definition) is 4. The Kier molecular flexibility index (Phi) is 7.73. The van der Waals surface area contributed by atoms with Crippen molar-refractivity contribution in [2.24, 2.45) is 0 Å². The number of nitrogens with zero attached hydrogens (tertiary/aromatic N) is 2. The van der Waals surface area contributed by atoms with Crippen molar-refractivity contribution in [3.05, 3.63) is 164 Å². The molecule has 0 aliphatic carbocycles. The molecule has 6 aromatic carbocycles. The normalized spacial score (nSPS) is 12.0. The van der Waals surface area contributed by atoms with Gasteiger partial charge in [0.15, 0.2) is 0 Å². The van der Waals surface area contributed by atoms with E-state index in [2.05, 4.69) is 119 Å². The molecule has 1 radical (unpaired) electrons. The molecule has 3 heterocycles. The summed E-state index contributed by atoms with van der Waals surface area (Å²) in [5, 5.41) is 6.83. The number of ether oxygens (including phenoxy) is 1. The molecular weight excluding hydrogens is 780 g/mol. The topological polar surface area (TPSA) is 38.5 Å². The van der Waals surface area contributed by atoms with Crippen LogP contribution in [0.2, 0.25) is 0 Å². The summed E-state index contributed by atoms with van der Waals surface area (Å²) in [7, 11) is -1.35. The molecule has 0 saturated carbocycles. The van der Waals surface area contributed by atoms with Crippen LogP contribution in [0.1, 0.15) is 0 Å². The zero-order chi connectivity index (χ0) is 30.5. The molecule has 0 bridgehead atoms. The molecule has 6 heteroatoms. The fraction of sp³-hybridized carbons (Fsp3) is 0. The summed E-state index contributed by atoms with van der Waals surface area (Å²) in [6, 6.07) is 57.7. The van der Waals surface area contributed by atoms with Crippen LogP contribution in [-0.2, 0) is 22.4 Å². The first kappa shape index (κ1) is 29.4. The smallest absolute Gasteiger partial charge is 0.138 e. The van der Waals surface area contributed by atoms with E-state index in [0.717, 1.165) is 50.1 Å². The second-order valence-corrected chi connectivity index (χ2v) is 13.6. The molecule has 47 heavy (non-hydrogen) atoms. The molecule has 1 aliphatic rings. The van der Waals surface area contributed by atoms with Crippen molar-refractivity contribution >= 4 is 62.8 Å². The molecule has 0 atom stereocenters. The van der Waals surface area contributed by atoms with Crippen LogP contribution >= 0.6 is 7.92 Å². The van der Waals surface area contributed by atoms with E-state index < -0.39 is 7.92 Å². The zero-order valence-corrected chi connectivity index (χ0v) is 28.1. The van der Waals surface area contributed by atoms with Crippen molar-refractivity contribution in [2.75, 3.05) is 4.90 Å². The van der Waals surface area contributed by atoms with E-state index in [1.165, 1.54) is 15.9 Å². The van der Waals surface area contributed by atoms with Crippen molar-refractivity contribution in [1.82, 2.24) is 4.98 Å². The van der Waals surface area contributed by atoms with Gasteiger partial charge in [0.2, 0.25) is 0 Å². The third-order valence-electron chi connectivity index (χ3n) is 8.41. The van der Waals surface area contributed by atoms with Crippen molar-refractivity contribution in [3.8, 4) is 22.8 Å². The molecule has 0 unspecified atom stereocenters. The van der Waals surface area contributed by atoms with Gasteiger partial charge in [-0.15, -0.1) is 28.3 Å². The Bertz CT molecular complexity index is 2320. The minimum Gasteiger partial charge on any atom is -0.512 e. The quantitative estimate of drug-likeness (QED) is 0.0989. The minimum absolute atomic E-state index is 0. The SMILES string of the molecule is [Au].[c-]1c2c(cc3cccc(-c4ccccn4)c13)Oc1ccccc1N2c1[c-]c2c([PH+](c3ccccc3)c3ccccc3)cccc2o1. The van der Waals surface area contributed by atoms with E-state index in [9.17, 15) is 0 Å². The molecule has 1 aliphatic heterocycles. The molecule has 0 amide bonds. The summed E-state index contributed by atoms with van der Waals surface area (Å²) < 4.78 is 13.2. The molecule has 0 N–H and O–H groups in total. The van der Waals surface area contributed by atoms with Gasteiger partial charge in [-0.1, -0.05) is 103 Å². The third-order valence-corrected chi connectivity index (χ3v) is 11.2. The van der Waals surface area contributed by atoms with Crippen molar-refractivity contribution in [2.45, 2.75) is 0 Å². The van der Waals surface area contributed by atoms with Gasteiger partial charge in [-0.25, -0.2) is 0 Å². The largest absolute Gasteiger partial charge is 0.512 e. The van der Waals surface area contributed by atoms with Gasteiger partial charge in [0, 0.05) is 50.8 Å². The summed E-state index contributed by atoms with van der Waals surface area (Å²) in [6.45, 7) is 0. The fourth-order valence-electron chi connectivity index (χ4n) is 6.36. The Hall–Kier alpha value is -4.96. The van der Waals surface area contributed by atoms with Gasteiger partial charge < -0.3 is 14.1 Å². The predicted octanol–water partition coefficient (Wildman–Crippen LogP) is 9.31. The van der Waals surface area contributed by atoms with Crippen LogP contribution in [0.15, 0.2) is 156 Å². The van der Waals surface area contributed by atoms with E-state index >= 15 is 0 Å². The average Bonchev–Trinajstić information content (AvgIpc) is 3.56. The molecule has 8 aromatic rings. The summed E-state index contributed by atoms with van der Waals surface area (Å²) in [5.74, 6) is 2.04. The van der Waals surface area contributed by atoms with E-state index in [0.29, 0.717) is 11.6 Å². The Morgan fingerprint density at radius 3 is 2.11 bits per heavy atom. The number of aromatic nitrogens is 1. The molecule has 0 saturated heterocycles. The van der Waals surface area contributed by atoms with Gasteiger partial charge in [0.25, 0.3) is 0 Å². The maximum Gasteiger partial charge on any atom is 0.138 e. The standard InChI is InChI=1S/C41H25N2O2P.Au/c1-3-14-29(15-4-1)46(30-16-5-2-6-17-30)40-23-12-22-37-33(40)27-41(45-37)43-35-20-7-8-21-38(35)44-39-25-28-13-11-18-31(32(28)26-36(39)43)34-19-9-10-24-42-34;/h1-25H;/q-2;/p+1. The Labute approximate surface area is 289 Å². The van der Waals surface area contributed by atoms with Crippen molar-refractivity contribution < 1.29 is 31.5 Å². The first-order valence-corrected chi connectivity index (χ1v) is 16.7. The van der Waals surface area contributed by atoms with Gasteiger partial charge in [-0.2, -0.15) is 0 Å². The van der Waals surface area contributed by atoms with E-state index in [-0.39, 0.29) is 22.4 Å². The van der Waals surface area contributed by atoms with Gasteiger partial charge >= 0.3 is 0 Å². The monoisotopic (exact) mass is 806 g/mol. The number of hydrogen-bond donors (Lipinski definition) is 0. The molecule has 0 spiro atoms. The number of fused-ring (bicyclic) bond motifs is 4. The second-order valence-electron chi connectivity index (χ2n) is 11.2. The average molecular weight is 807 g/mol. The Morgan fingerprint density at radius 2 is 1.34 bits per heavy atom. The number of anilines is 3. The van der Waals surface area contributed by atoms with Crippen LogP contribution in [0, 0.1) is 12.1 Å². The molecule has 2 aromatic heterocycles. The van der Waals surface area contributed by atoms with Crippen LogP contribution in [-0.4, -0.2) is 4.98 Å². The fourth-order valence-corrected chi connectivity index (χ4v) is 9.06. The maximum atomic E-state index is 6.71. The Morgan fingerprint density at radius 1 is 0.617 bits per heavy atom. The van der Waals surface area contributed by atoms with Crippen molar-refractivity contribution in [3.63, 3.8) is 0 Å². The molecule has 229 valence electrons. The number of furan rings is 1. The van der Waals surface area contributed by atoms with E-state index in [4.69, 9.17) is 9.15 Å². The molecule has 9 rings (SSSR count). The summed E-state index contributed by atoms with van der Waals surface area (Å²) in [6.07, 6.45) is 1.82. The van der Waals surface area contributed by atoms with Crippen LogP contribution in [0.4, 0.5) is 17.3 Å². The van der Waals surface area contributed by atoms with Gasteiger partial charge in [-0.05, 0) is 48.5 Å². The van der Waals surface area contributed by atoms with Crippen LogP contribution in [0.5, 0.6) is 11.5 Å². The van der Waals surface area contributed by atoms with Gasteiger partial charge in [0.1, 0.15) is 11.6 Å². The zero-order valence-electron chi connectivity index (χ0n) is 24.9. The van der Waals surface area contributed by atoms with Gasteiger partial charge in [-0.3, -0.25) is 4.98 Å². The summed E-state index contributed by atoms with van der Waals surface area (Å²) in [5.41, 5.74) is 4.33. The number of para-hydroxylation sites is 2. The first-order chi connectivity index (χ1) is 22.8. The molecular formula is C41H26AuN2O2P-. The first-order valence-electron chi connectivity index (χ1n) is 15.2. The van der Waals surface area contributed by atoms with Crippen LogP contribution in [0.25, 0.3) is 33.0 Å². The molecule has 4 nitrogen and oxygen atoms in total. The number of rotatable bonds is 5. The third kappa shape index (κ3) is 5.17. The van der Waals surface area contributed by atoms with Crippen LogP contribution < -0.4 is 25.6 Å². The number of pyridine rings is 1. The molecule has 0 fully saturated rings. The Balaban J connectivity index is 0.00000324. The summed E-state index contributed by atoms with van der Waals surface area (Å²) >= 11 is 0. The number of benzene rings is 6. The second kappa shape index (κ2) is 12.3. The maximum absolute atomic E-state index is 6.71. The van der Waals surface area contributed by atoms with E-state index in [1.54, 1.807) is 0 Å².